The summed E-state index contributed by atoms with van der Waals surface area (Å²) in [5.41, 5.74) is 7.86. The Morgan fingerprint density at radius 1 is 1.10 bits per heavy atom. The highest BCUT2D eigenvalue weighted by Crippen LogP contribution is 2.30. The fourth-order valence-corrected chi connectivity index (χ4v) is 2.90. The highest BCUT2D eigenvalue weighted by atomic mass is 32.2. The SMILES string of the molecule is CCC(N)c1ccc(Sc2ncnc3ccccc23)cn1. The van der Waals surface area contributed by atoms with Crippen molar-refractivity contribution in [2.75, 3.05) is 0 Å². The standard InChI is InChI=1S/C16H16N4S/c1-2-13(17)15-8-7-11(9-18-15)21-16-12-5-3-4-6-14(12)19-10-20-16/h3-10,13H,2,17H2,1H3. The highest BCUT2D eigenvalue weighted by Gasteiger charge is 2.08. The zero-order valence-corrected chi connectivity index (χ0v) is 12.5. The number of para-hydroxylation sites is 1. The molecule has 0 radical (unpaired) electrons. The van der Waals surface area contributed by atoms with Crippen LogP contribution in [-0.4, -0.2) is 15.0 Å². The second kappa shape index (κ2) is 6.20. The second-order valence-electron chi connectivity index (χ2n) is 4.73. The molecular weight excluding hydrogens is 280 g/mol. The van der Waals surface area contributed by atoms with Crippen molar-refractivity contribution in [1.29, 1.82) is 0 Å². The third-order valence-electron chi connectivity index (χ3n) is 3.30. The number of benzene rings is 1. The Morgan fingerprint density at radius 2 is 1.95 bits per heavy atom. The Labute approximate surface area is 127 Å². The first-order valence-electron chi connectivity index (χ1n) is 6.87. The van der Waals surface area contributed by atoms with E-state index >= 15 is 0 Å². The number of aromatic nitrogens is 3. The van der Waals surface area contributed by atoms with Crippen LogP contribution in [0.25, 0.3) is 10.9 Å². The molecular formula is C16H16N4S. The quantitative estimate of drug-likeness (QED) is 0.745. The molecule has 106 valence electrons. The van der Waals surface area contributed by atoms with Gasteiger partial charge in [0, 0.05) is 22.5 Å². The van der Waals surface area contributed by atoms with Crippen LogP contribution in [0.3, 0.4) is 0 Å². The summed E-state index contributed by atoms with van der Waals surface area (Å²) in [5, 5.41) is 1.99. The topological polar surface area (TPSA) is 64.7 Å². The fraction of sp³-hybridized carbons (Fsp3) is 0.188. The molecule has 0 fully saturated rings. The zero-order valence-electron chi connectivity index (χ0n) is 11.7. The van der Waals surface area contributed by atoms with Gasteiger partial charge in [0.05, 0.1) is 11.2 Å². The molecule has 0 bridgehead atoms. The van der Waals surface area contributed by atoms with E-state index in [4.69, 9.17) is 5.73 Å². The van der Waals surface area contributed by atoms with Crippen molar-refractivity contribution >= 4 is 22.7 Å². The molecule has 1 unspecified atom stereocenters. The van der Waals surface area contributed by atoms with Gasteiger partial charge in [-0.1, -0.05) is 36.9 Å². The van der Waals surface area contributed by atoms with Crippen LogP contribution in [0, 0.1) is 0 Å². The Kier molecular flexibility index (Phi) is 4.13. The van der Waals surface area contributed by atoms with E-state index in [9.17, 15) is 0 Å². The lowest BCUT2D eigenvalue weighted by Gasteiger charge is -2.09. The minimum Gasteiger partial charge on any atom is -0.323 e. The highest BCUT2D eigenvalue weighted by molar-refractivity contribution is 7.99. The third-order valence-corrected chi connectivity index (χ3v) is 4.30. The van der Waals surface area contributed by atoms with Crippen molar-refractivity contribution in [3.63, 3.8) is 0 Å². The van der Waals surface area contributed by atoms with E-state index in [0.29, 0.717) is 0 Å². The fourth-order valence-electron chi connectivity index (χ4n) is 2.05. The van der Waals surface area contributed by atoms with Crippen molar-refractivity contribution in [3.05, 3.63) is 54.6 Å². The molecule has 1 atom stereocenters. The number of hydrogen-bond acceptors (Lipinski definition) is 5. The molecule has 4 nitrogen and oxygen atoms in total. The number of rotatable bonds is 4. The van der Waals surface area contributed by atoms with Gasteiger partial charge in [-0.05, 0) is 24.6 Å². The van der Waals surface area contributed by atoms with Gasteiger partial charge in [-0.15, -0.1) is 0 Å². The van der Waals surface area contributed by atoms with Gasteiger partial charge in [0.1, 0.15) is 11.4 Å². The van der Waals surface area contributed by atoms with Gasteiger partial charge in [0.15, 0.2) is 0 Å². The summed E-state index contributed by atoms with van der Waals surface area (Å²) in [4.78, 5) is 14.1. The van der Waals surface area contributed by atoms with Crippen LogP contribution in [0.15, 0.2) is 58.8 Å². The first-order valence-corrected chi connectivity index (χ1v) is 7.68. The van der Waals surface area contributed by atoms with E-state index in [2.05, 4.69) is 21.9 Å². The minimum atomic E-state index is 0.00364. The summed E-state index contributed by atoms with van der Waals surface area (Å²) >= 11 is 1.59. The van der Waals surface area contributed by atoms with E-state index in [1.807, 2.05) is 42.6 Å². The number of hydrogen-bond donors (Lipinski definition) is 1. The number of pyridine rings is 1. The van der Waals surface area contributed by atoms with Crippen LogP contribution in [-0.2, 0) is 0 Å². The summed E-state index contributed by atoms with van der Waals surface area (Å²) in [5.74, 6) is 0. The van der Waals surface area contributed by atoms with Crippen molar-refractivity contribution in [1.82, 2.24) is 15.0 Å². The molecule has 3 rings (SSSR count). The van der Waals surface area contributed by atoms with Gasteiger partial charge in [-0.2, -0.15) is 0 Å². The van der Waals surface area contributed by atoms with Gasteiger partial charge < -0.3 is 5.73 Å². The summed E-state index contributed by atoms with van der Waals surface area (Å²) in [7, 11) is 0. The van der Waals surface area contributed by atoms with Crippen molar-refractivity contribution in [3.8, 4) is 0 Å². The van der Waals surface area contributed by atoms with E-state index in [-0.39, 0.29) is 6.04 Å². The molecule has 0 amide bonds. The van der Waals surface area contributed by atoms with Gasteiger partial charge >= 0.3 is 0 Å². The van der Waals surface area contributed by atoms with Crippen molar-refractivity contribution in [2.24, 2.45) is 5.73 Å². The van der Waals surface area contributed by atoms with Gasteiger partial charge in [-0.3, -0.25) is 4.98 Å². The van der Waals surface area contributed by atoms with E-state index in [0.717, 1.165) is 32.9 Å². The van der Waals surface area contributed by atoms with Crippen molar-refractivity contribution < 1.29 is 0 Å². The smallest absolute Gasteiger partial charge is 0.117 e. The van der Waals surface area contributed by atoms with Crippen LogP contribution in [0.2, 0.25) is 0 Å². The lowest BCUT2D eigenvalue weighted by molar-refractivity contribution is 0.674. The van der Waals surface area contributed by atoms with E-state index in [1.54, 1.807) is 18.1 Å². The molecule has 21 heavy (non-hydrogen) atoms. The molecule has 0 saturated heterocycles. The Bertz CT molecular complexity index is 737. The second-order valence-corrected chi connectivity index (χ2v) is 5.79. The molecule has 0 aliphatic carbocycles. The molecule has 0 spiro atoms. The van der Waals surface area contributed by atoms with Crippen LogP contribution >= 0.6 is 11.8 Å². The zero-order chi connectivity index (χ0) is 14.7. The first-order chi connectivity index (χ1) is 10.3. The summed E-state index contributed by atoms with van der Waals surface area (Å²) in [6, 6.07) is 12.0. The maximum atomic E-state index is 5.98. The number of nitrogens with two attached hydrogens (primary N) is 1. The Hall–Kier alpha value is -1.98. The first kappa shape index (κ1) is 14.0. The predicted molar refractivity (Wildman–Crippen MR) is 85.1 cm³/mol. The molecule has 0 saturated carbocycles. The summed E-state index contributed by atoms with van der Waals surface area (Å²) in [6.45, 7) is 2.06. The van der Waals surface area contributed by atoms with E-state index < -0.39 is 0 Å². The summed E-state index contributed by atoms with van der Waals surface area (Å²) in [6.07, 6.45) is 4.34. The van der Waals surface area contributed by atoms with Crippen molar-refractivity contribution in [2.45, 2.75) is 29.3 Å². The van der Waals surface area contributed by atoms with Crippen LogP contribution in [0.4, 0.5) is 0 Å². The Morgan fingerprint density at radius 3 is 2.71 bits per heavy atom. The summed E-state index contributed by atoms with van der Waals surface area (Å²) < 4.78 is 0. The normalized spacial score (nSPS) is 12.5. The monoisotopic (exact) mass is 296 g/mol. The maximum absolute atomic E-state index is 5.98. The minimum absolute atomic E-state index is 0.00364. The number of nitrogens with zero attached hydrogens (tertiary/aromatic N) is 3. The molecule has 0 aliphatic rings. The van der Waals surface area contributed by atoms with E-state index in [1.165, 1.54) is 0 Å². The Balaban J connectivity index is 1.88. The van der Waals surface area contributed by atoms with Gasteiger partial charge in [0.2, 0.25) is 0 Å². The molecule has 3 aromatic rings. The molecule has 5 heteroatoms. The van der Waals surface area contributed by atoms with Crippen LogP contribution in [0.5, 0.6) is 0 Å². The average Bonchev–Trinajstić information content (AvgIpc) is 2.55. The van der Waals surface area contributed by atoms with Gasteiger partial charge in [-0.25, -0.2) is 9.97 Å². The lowest BCUT2D eigenvalue weighted by Crippen LogP contribution is -2.10. The number of fused-ring (bicyclic) bond motifs is 1. The molecule has 1 aromatic carbocycles. The average molecular weight is 296 g/mol. The molecule has 2 N–H and O–H groups in total. The molecule has 2 heterocycles. The van der Waals surface area contributed by atoms with Crippen LogP contribution in [0.1, 0.15) is 25.1 Å². The molecule has 0 aliphatic heterocycles. The third kappa shape index (κ3) is 3.04. The maximum Gasteiger partial charge on any atom is 0.117 e. The van der Waals surface area contributed by atoms with Gasteiger partial charge in [0.25, 0.3) is 0 Å². The predicted octanol–water partition coefficient (Wildman–Crippen LogP) is 3.59. The lowest BCUT2D eigenvalue weighted by atomic mass is 10.1. The molecule has 2 aromatic heterocycles. The largest absolute Gasteiger partial charge is 0.323 e. The van der Waals surface area contributed by atoms with Crippen LogP contribution < -0.4 is 5.73 Å².